The fourth-order valence-corrected chi connectivity index (χ4v) is 2.64. The quantitative estimate of drug-likeness (QED) is 0.878. The van der Waals surface area contributed by atoms with Gasteiger partial charge in [-0.2, -0.15) is 0 Å². The van der Waals surface area contributed by atoms with E-state index in [9.17, 15) is 9.59 Å². The van der Waals surface area contributed by atoms with Crippen LogP contribution in [-0.2, 0) is 16.0 Å². The van der Waals surface area contributed by atoms with Crippen LogP contribution in [0.1, 0.15) is 15.9 Å². The monoisotopic (exact) mass is 331 g/mol. The van der Waals surface area contributed by atoms with Crippen molar-refractivity contribution in [3.63, 3.8) is 0 Å². The number of esters is 1. The molecule has 0 fully saturated rings. The van der Waals surface area contributed by atoms with Crippen LogP contribution in [-0.4, -0.2) is 25.1 Å². The van der Waals surface area contributed by atoms with Crippen molar-refractivity contribution in [3.8, 4) is 5.75 Å². The summed E-state index contributed by atoms with van der Waals surface area (Å²) in [4.78, 5) is 24.4. The molecule has 0 spiro atoms. The van der Waals surface area contributed by atoms with Crippen molar-refractivity contribution in [2.45, 2.75) is 12.5 Å². The molecule has 1 heterocycles. The summed E-state index contributed by atoms with van der Waals surface area (Å²) in [5.41, 5.74) is 1.72. The first-order chi connectivity index (χ1) is 11.1. The van der Waals surface area contributed by atoms with Crippen LogP contribution in [0.25, 0.3) is 0 Å². The summed E-state index contributed by atoms with van der Waals surface area (Å²) < 4.78 is 10.4. The minimum atomic E-state index is -0.888. The number of anilines is 1. The summed E-state index contributed by atoms with van der Waals surface area (Å²) in [6.45, 7) is 0. The lowest BCUT2D eigenvalue weighted by atomic mass is 9.98. The van der Waals surface area contributed by atoms with Crippen molar-refractivity contribution in [1.82, 2.24) is 0 Å². The molecule has 0 aliphatic carbocycles. The Kier molecular flexibility index (Phi) is 4.21. The first-order valence-corrected chi connectivity index (χ1v) is 7.39. The Morgan fingerprint density at radius 2 is 2.09 bits per heavy atom. The summed E-state index contributed by atoms with van der Waals surface area (Å²) >= 11 is 5.94. The number of carbonyl (C=O) groups excluding carboxylic acids is 2. The molecular weight excluding hydrogens is 318 g/mol. The Labute approximate surface area is 138 Å². The first-order valence-electron chi connectivity index (χ1n) is 7.02. The number of hydrogen-bond donors (Lipinski definition) is 1. The number of methoxy groups -OCH3 is 1. The summed E-state index contributed by atoms with van der Waals surface area (Å²) in [5.74, 6) is -0.441. The molecule has 1 amide bonds. The third-order valence-corrected chi connectivity index (χ3v) is 3.84. The van der Waals surface area contributed by atoms with E-state index in [1.54, 1.807) is 30.3 Å². The van der Waals surface area contributed by atoms with Gasteiger partial charge in [0.05, 0.1) is 18.4 Å². The summed E-state index contributed by atoms with van der Waals surface area (Å²) in [6, 6.07) is 12.0. The highest BCUT2D eigenvalue weighted by atomic mass is 35.5. The number of benzene rings is 2. The van der Waals surface area contributed by atoms with Crippen molar-refractivity contribution in [3.05, 3.63) is 58.6 Å². The fourth-order valence-electron chi connectivity index (χ4n) is 2.47. The maximum atomic E-state index is 12.4. The normalized spacial score (nSPS) is 16.3. The lowest BCUT2D eigenvalue weighted by Crippen LogP contribution is -2.38. The zero-order valence-corrected chi connectivity index (χ0v) is 13.1. The van der Waals surface area contributed by atoms with Gasteiger partial charge in [0.2, 0.25) is 0 Å². The molecule has 5 nitrogen and oxygen atoms in total. The van der Waals surface area contributed by atoms with Crippen molar-refractivity contribution in [2.75, 3.05) is 12.4 Å². The van der Waals surface area contributed by atoms with Crippen LogP contribution in [0.5, 0.6) is 5.75 Å². The average molecular weight is 332 g/mol. The molecule has 1 unspecified atom stereocenters. The molecular formula is C17H14ClNO4. The molecule has 3 rings (SSSR count). The Morgan fingerprint density at radius 3 is 2.87 bits per heavy atom. The van der Waals surface area contributed by atoms with E-state index in [0.717, 1.165) is 5.56 Å². The summed E-state index contributed by atoms with van der Waals surface area (Å²) in [6.07, 6.45) is -0.558. The molecule has 6 heteroatoms. The van der Waals surface area contributed by atoms with Gasteiger partial charge in [-0.1, -0.05) is 29.8 Å². The molecule has 0 saturated carbocycles. The number of amides is 1. The van der Waals surface area contributed by atoms with Gasteiger partial charge in [-0.05, 0) is 29.8 Å². The zero-order valence-electron chi connectivity index (χ0n) is 12.3. The van der Waals surface area contributed by atoms with E-state index in [0.29, 0.717) is 28.4 Å². The number of ether oxygens (including phenoxy) is 2. The minimum Gasteiger partial charge on any atom is -0.495 e. The van der Waals surface area contributed by atoms with Gasteiger partial charge in [0.25, 0.3) is 5.91 Å². The van der Waals surface area contributed by atoms with Crippen LogP contribution < -0.4 is 10.1 Å². The van der Waals surface area contributed by atoms with Gasteiger partial charge < -0.3 is 14.8 Å². The summed E-state index contributed by atoms with van der Waals surface area (Å²) in [5, 5.41) is 3.16. The largest absolute Gasteiger partial charge is 0.495 e. The van der Waals surface area contributed by atoms with Gasteiger partial charge in [0.1, 0.15) is 5.75 Å². The first kappa shape index (κ1) is 15.4. The van der Waals surface area contributed by atoms with Gasteiger partial charge in [-0.3, -0.25) is 4.79 Å². The molecule has 118 valence electrons. The molecule has 0 radical (unpaired) electrons. The lowest BCUT2D eigenvalue weighted by molar-refractivity contribution is -0.125. The second-order valence-electron chi connectivity index (χ2n) is 5.09. The molecule has 0 saturated heterocycles. The number of hydrogen-bond acceptors (Lipinski definition) is 4. The van der Waals surface area contributed by atoms with Crippen LogP contribution >= 0.6 is 11.6 Å². The average Bonchev–Trinajstić information content (AvgIpc) is 2.55. The third-order valence-electron chi connectivity index (χ3n) is 3.60. The maximum Gasteiger partial charge on any atom is 0.339 e. The number of fused-ring (bicyclic) bond motifs is 1. The van der Waals surface area contributed by atoms with Gasteiger partial charge in [-0.25, -0.2) is 4.79 Å². The van der Waals surface area contributed by atoms with Crippen molar-refractivity contribution in [1.29, 1.82) is 0 Å². The number of nitrogens with one attached hydrogen (secondary N) is 1. The Morgan fingerprint density at radius 1 is 1.30 bits per heavy atom. The number of halogens is 1. The standard InChI is InChI=1S/C17H14ClNO4/c1-22-14-7-6-11(18)9-13(14)19-16(20)15-8-10-4-2-3-5-12(10)17(21)23-15/h2-7,9,15H,8H2,1H3,(H,19,20). The van der Waals surface area contributed by atoms with E-state index in [-0.39, 0.29) is 0 Å². The highest BCUT2D eigenvalue weighted by Gasteiger charge is 2.31. The van der Waals surface area contributed by atoms with E-state index < -0.39 is 18.0 Å². The topological polar surface area (TPSA) is 64.6 Å². The Bertz CT molecular complexity index is 775. The van der Waals surface area contributed by atoms with Crippen molar-refractivity contribution in [2.24, 2.45) is 0 Å². The van der Waals surface area contributed by atoms with Gasteiger partial charge in [0.15, 0.2) is 6.10 Å². The highest BCUT2D eigenvalue weighted by molar-refractivity contribution is 6.31. The molecule has 1 aliphatic rings. The van der Waals surface area contributed by atoms with Gasteiger partial charge in [0, 0.05) is 11.4 Å². The smallest absolute Gasteiger partial charge is 0.339 e. The number of rotatable bonds is 3. The molecule has 0 aromatic heterocycles. The SMILES string of the molecule is COc1ccc(Cl)cc1NC(=O)C1Cc2ccccc2C(=O)O1. The van der Waals surface area contributed by atoms with Crippen LogP contribution in [0.4, 0.5) is 5.69 Å². The predicted octanol–water partition coefficient (Wildman–Crippen LogP) is 3.07. The van der Waals surface area contributed by atoms with Gasteiger partial charge >= 0.3 is 5.97 Å². The highest BCUT2D eigenvalue weighted by Crippen LogP contribution is 2.29. The Hall–Kier alpha value is -2.53. The zero-order chi connectivity index (χ0) is 16.4. The number of cyclic esters (lactones) is 1. The van der Waals surface area contributed by atoms with E-state index in [1.165, 1.54) is 7.11 Å². The van der Waals surface area contributed by atoms with E-state index in [1.807, 2.05) is 12.1 Å². The lowest BCUT2D eigenvalue weighted by Gasteiger charge is -2.24. The van der Waals surface area contributed by atoms with Gasteiger partial charge in [-0.15, -0.1) is 0 Å². The number of carbonyl (C=O) groups is 2. The summed E-state index contributed by atoms with van der Waals surface area (Å²) in [7, 11) is 1.50. The van der Waals surface area contributed by atoms with Crippen molar-refractivity contribution >= 4 is 29.2 Å². The van der Waals surface area contributed by atoms with Crippen LogP contribution in [0.2, 0.25) is 5.02 Å². The third kappa shape index (κ3) is 3.14. The molecule has 2 aromatic rings. The molecule has 1 N–H and O–H groups in total. The van der Waals surface area contributed by atoms with E-state index >= 15 is 0 Å². The van der Waals surface area contributed by atoms with Crippen LogP contribution in [0.15, 0.2) is 42.5 Å². The van der Waals surface area contributed by atoms with E-state index in [2.05, 4.69) is 5.32 Å². The molecule has 0 bridgehead atoms. The fraction of sp³-hybridized carbons (Fsp3) is 0.176. The second-order valence-corrected chi connectivity index (χ2v) is 5.53. The van der Waals surface area contributed by atoms with Crippen molar-refractivity contribution < 1.29 is 19.1 Å². The molecule has 1 atom stereocenters. The molecule has 23 heavy (non-hydrogen) atoms. The molecule has 1 aliphatic heterocycles. The van der Waals surface area contributed by atoms with Crippen LogP contribution in [0, 0.1) is 0 Å². The molecule has 2 aromatic carbocycles. The van der Waals surface area contributed by atoms with E-state index in [4.69, 9.17) is 21.1 Å². The predicted molar refractivity (Wildman–Crippen MR) is 86.0 cm³/mol. The maximum absolute atomic E-state index is 12.4. The second kappa shape index (κ2) is 6.30. The minimum absolute atomic E-state index is 0.330. The Balaban J connectivity index is 1.80. The van der Waals surface area contributed by atoms with Crippen LogP contribution in [0.3, 0.4) is 0 Å².